The second-order valence-electron chi connectivity index (χ2n) is 17.4. The van der Waals surface area contributed by atoms with Crippen molar-refractivity contribution in [1.82, 2.24) is 62.6 Å². The molecule has 384 valence electrons. The van der Waals surface area contributed by atoms with Crippen LogP contribution in [0.1, 0.15) is 53.4 Å². The highest BCUT2D eigenvalue weighted by molar-refractivity contribution is 5.98. The van der Waals surface area contributed by atoms with Crippen molar-refractivity contribution in [2.45, 2.75) is 126 Å². The van der Waals surface area contributed by atoms with E-state index in [4.69, 9.17) is 5.11 Å². The van der Waals surface area contributed by atoms with Crippen molar-refractivity contribution >= 4 is 70.9 Å². The summed E-state index contributed by atoms with van der Waals surface area (Å²) in [6.07, 6.45) is -4.56. The Balaban J connectivity index is 1.21. The summed E-state index contributed by atoms with van der Waals surface area (Å²) in [5, 5.41) is 70.8. The fourth-order valence-electron chi connectivity index (χ4n) is 8.00. The average Bonchev–Trinajstić information content (AvgIpc) is 4.10. The maximum Gasteiger partial charge on any atom is 0.322 e. The molecule has 29 heteroatoms. The van der Waals surface area contributed by atoms with Gasteiger partial charge in [-0.15, -0.1) is 0 Å². The van der Waals surface area contributed by atoms with Crippen LogP contribution in [0.4, 0.5) is 0 Å². The molecule has 11 amide bonds. The highest BCUT2D eigenvalue weighted by atomic mass is 16.4. The zero-order chi connectivity index (χ0) is 51.4. The lowest BCUT2D eigenvalue weighted by atomic mass is 10.1. The second-order valence-corrected chi connectivity index (χ2v) is 17.4. The minimum absolute atomic E-state index is 0.166. The van der Waals surface area contributed by atoms with Gasteiger partial charge in [0.1, 0.15) is 48.8 Å². The number of β-amino-alcohol motifs (C(OH)–C–C–N with tert-alkyl or cyclic N) is 4. The number of nitrogens with zero attached hydrogens (tertiary/aromatic N) is 3. The number of carbonyl (C=O) groups is 12. The van der Waals surface area contributed by atoms with Crippen LogP contribution in [0.25, 0.3) is 0 Å². The van der Waals surface area contributed by atoms with Crippen LogP contribution >= 0.6 is 0 Å². The van der Waals surface area contributed by atoms with Crippen LogP contribution < -0.4 is 47.9 Å². The average molecular weight is 983 g/mol. The van der Waals surface area contributed by atoms with Gasteiger partial charge in [-0.2, -0.15) is 0 Å². The standard InChI is InChI=1S/C40H62N12O17/c1-17(46-37(66)25-5-21(53)9-41-25)33(62)42-10-29(57)50-14-22(54)6-26(50)38(67)47-18(2)34(63)43-11-30(58)51-15-23(55)7-27(51)39(68)48-19(3)35(64)44-12-31(59)52-16-24(56)8-28(52)40(69)49-20(4)36(65)45-13-32(60)61/h17-28,41,53-56H,5-16H2,1-4H3,(H,42,62)(H,43,63)(H,44,64)(H,45,65)(H,46,66)(H,47,67)(H,48,68)(H,49,69)(H,60,61)/t17-,18-,19-,20-,21+,22+,23+,24+,25-,26-,27-,28-/m0/s1. The van der Waals surface area contributed by atoms with E-state index in [-0.39, 0.29) is 51.9 Å². The molecule has 0 spiro atoms. The SMILES string of the molecule is C[C@H](NC(=O)[C@@H]1C[C@@H](O)CN1)C(=O)NCC(=O)N1C[C@H](O)C[C@H]1C(=O)N[C@@H](C)C(=O)NCC(=O)N1C[C@H](O)C[C@H]1C(=O)N[C@@H](C)C(=O)NCC(=O)N1C[C@H](O)C[C@H]1C(=O)N[C@@H](C)C(=O)NCC(=O)O. The fraction of sp³-hybridized carbons (Fsp3) is 0.700. The minimum Gasteiger partial charge on any atom is -0.480 e. The van der Waals surface area contributed by atoms with E-state index in [2.05, 4.69) is 47.9 Å². The van der Waals surface area contributed by atoms with Gasteiger partial charge < -0.3 is 88.1 Å². The van der Waals surface area contributed by atoms with Gasteiger partial charge in [0.05, 0.1) is 50.1 Å². The normalized spacial score (nSPS) is 25.8. The van der Waals surface area contributed by atoms with Gasteiger partial charge in [0.15, 0.2) is 0 Å². The van der Waals surface area contributed by atoms with Gasteiger partial charge >= 0.3 is 5.97 Å². The van der Waals surface area contributed by atoms with Crippen LogP contribution in [0.5, 0.6) is 0 Å². The molecule has 0 saturated carbocycles. The summed E-state index contributed by atoms with van der Waals surface area (Å²) in [6, 6.07) is -9.31. The Morgan fingerprint density at radius 1 is 0.449 bits per heavy atom. The van der Waals surface area contributed by atoms with E-state index >= 15 is 0 Å². The van der Waals surface area contributed by atoms with E-state index in [9.17, 15) is 78.0 Å². The van der Waals surface area contributed by atoms with E-state index in [1.54, 1.807) is 0 Å². The van der Waals surface area contributed by atoms with Crippen LogP contribution in [-0.2, 0) is 57.5 Å². The highest BCUT2D eigenvalue weighted by Gasteiger charge is 2.43. The lowest BCUT2D eigenvalue weighted by Gasteiger charge is -2.27. The lowest BCUT2D eigenvalue weighted by molar-refractivity contribution is -0.141. The molecule has 0 aromatic carbocycles. The third-order valence-electron chi connectivity index (χ3n) is 11.8. The Kier molecular flexibility index (Phi) is 19.7. The first-order valence-corrected chi connectivity index (χ1v) is 22.2. The highest BCUT2D eigenvalue weighted by Crippen LogP contribution is 2.21. The maximum absolute atomic E-state index is 13.3. The van der Waals surface area contributed by atoms with Gasteiger partial charge in [0, 0.05) is 45.4 Å². The molecule has 12 atom stereocenters. The van der Waals surface area contributed by atoms with E-state index < -0.39 is 170 Å². The van der Waals surface area contributed by atoms with Crippen molar-refractivity contribution in [2.24, 2.45) is 0 Å². The summed E-state index contributed by atoms with van der Waals surface area (Å²) in [4.78, 5) is 156. The molecular weight excluding hydrogens is 921 g/mol. The number of aliphatic carboxylic acids is 1. The molecule has 4 fully saturated rings. The fourth-order valence-corrected chi connectivity index (χ4v) is 8.00. The number of aliphatic hydroxyl groups is 4. The number of carboxylic acids is 1. The number of nitrogens with one attached hydrogen (secondary N) is 9. The maximum atomic E-state index is 13.3. The number of hydrogen-bond donors (Lipinski definition) is 14. The molecule has 0 aliphatic carbocycles. The largest absolute Gasteiger partial charge is 0.480 e. The molecule has 0 unspecified atom stereocenters. The topological polar surface area (TPSA) is 424 Å². The van der Waals surface area contributed by atoms with E-state index in [1.165, 1.54) is 27.7 Å². The molecular formula is C40H62N12O17. The van der Waals surface area contributed by atoms with Gasteiger partial charge in [0.25, 0.3) is 0 Å². The monoisotopic (exact) mass is 982 g/mol. The number of carbonyl (C=O) groups excluding carboxylic acids is 11. The minimum atomic E-state index is -1.31. The van der Waals surface area contributed by atoms with Crippen LogP contribution in [-0.4, -0.2) is 236 Å². The van der Waals surface area contributed by atoms with Gasteiger partial charge in [0.2, 0.25) is 65.0 Å². The summed E-state index contributed by atoms with van der Waals surface area (Å²) in [6.45, 7) is 1.93. The van der Waals surface area contributed by atoms with E-state index in [0.717, 1.165) is 14.7 Å². The van der Waals surface area contributed by atoms with Gasteiger partial charge in [-0.25, -0.2) is 0 Å². The van der Waals surface area contributed by atoms with Gasteiger partial charge in [-0.1, -0.05) is 0 Å². The molecule has 0 aromatic heterocycles. The number of likely N-dealkylation sites (tertiary alicyclic amines) is 3. The molecule has 4 heterocycles. The number of hydrogen-bond acceptors (Lipinski definition) is 17. The molecule has 0 aromatic rings. The molecule has 4 aliphatic rings. The van der Waals surface area contributed by atoms with Gasteiger partial charge in [-0.05, 0) is 34.1 Å². The summed E-state index contributed by atoms with van der Waals surface area (Å²) in [5.41, 5.74) is 0. The molecule has 14 N–H and O–H groups in total. The summed E-state index contributed by atoms with van der Waals surface area (Å²) in [7, 11) is 0. The van der Waals surface area contributed by atoms with E-state index in [0.29, 0.717) is 0 Å². The number of rotatable bonds is 20. The Morgan fingerprint density at radius 2 is 0.739 bits per heavy atom. The number of amides is 11. The second kappa shape index (κ2) is 24.6. The van der Waals surface area contributed by atoms with Crippen LogP contribution in [0.3, 0.4) is 0 Å². The van der Waals surface area contributed by atoms with Crippen LogP contribution in [0.2, 0.25) is 0 Å². The van der Waals surface area contributed by atoms with E-state index in [1.807, 2.05) is 0 Å². The van der Waals surface area contributed by atoms with Crippen molar-refractivity contribution in [2.75, 3.05) is 52.4 Å². The smallest absolute Gasteiger partial charge is 0.322 e. The zero-order valence-electron chi connectivity index (χ0n) is 38.4. The molecule has 4 rings (SSSR count). The lowest BCUT2D eigenvalue weighted by Crippen LogP contribution is -2.56. The molecule has 0 bridgehead atoms. The molecule has 29 nitrogen and oxygen atoms in total. The van der Waals surface area contributed by atoms with Crippen molar-refractivity contribution < 1.29 is 83.1 Å². The summed E-state index contributed by atoms with van der Waals surface area (Å²) in [5.74, 6) is -9.92. The first-order valence-electron chi connectivity index (χ1n) is 22.2. The Bertz CT molecular complexity index is 2010. The van der Waals surface area contributed by atoms with Gasteiger partial charge in [-0.3, -0.25) is 57.5 Å². The van der Waals surface area contributed by atoms with Crippen LogP contribution in [0.15, 0.2) is 0 Å². The zero-order valence-corrected chi connectivity index (χ0v) is 38.4. The summed E-state index contributed by atoms with van der Waals surface area (Å²) >= 11 is 0. The Labute approximate surface area is 394 Å². The van der Waals surface area contributed by atoms with Crippen molar-refractivity contribution in [3.8, 4) is 0 Å². The Morgan fingerprint density at radius 3 is 1.01 bits per heavy atom. The quantitative estimate of drug-likeness (QED) is 0.0539. The predicted molar refractivity (Wildman–Crippen MR) is 231 cm³/mol. The molecule has 69 heavy (non-hydrogen) atoms. The number of aliphatic hydroxyl groups excluding tert-OH is 4. The molecule has 4 saturated heterocycles. The first kappa shape index (κ1) is 55.0. The first-order chi connectivity index (χ1) is 32.4. The van der Waals surface area contributed by atoms with Crippen molar-refractivity contribution in [3.63, 3.8) is 0 Å². The Hall–Kier alpha value is -6.56. The van der Waals surface area contributed by atoms with Crippen LogP contribution in [0, 0.1) is 0 Å². The predicted octanol–water partition coefficient (Wildman–Crippen LogP) is -9.84. The molecule has 0 radical (unpaired) electrons. The third-order valence-corrected chi connectivity index (χ3v) is 11.8. The number of carboxylic acid groups (broad SMARTS) is 1. The summed E-state index contributed by atoms with van der Waals surface area (Å²) < 4.78 is 0. The third kappa shape index (κ3) is 15.5. The van der Waals surface area contributed by atoms with Crippen molar-refractivity contribution in [1.29, 1.82) is 0 Å². The van der Waals surface area contributed by atoms with Crippen molar-refractivity contribution in [3.05, 3.63) is 0 Å². The molecule has 4 aliphatic heterocycles.